The van der Waals surface area contributed by atoms with Crippen molar-refractivity contribution in [3.05, 3.63) is 58.2 Å². The van der Waals surface area contributed by atoms with Crippen LogP contribution in [0.4, 0.5) is 5.69 Å². The van der Waals surface area contributed by atoms with Crippen LogP contribution in [-0.2, 0) is 4.79 Å². The summed E-state index contributed by atoms with van der Waals surface area (Å²) < 4.78 is 1.01. The number of aromatic nitrogens is 3. The monoisotopic (exact) mass is 436 g/mol. The molecule has 0 saturated heterocycles. The molecule has 1 amide bonds. The summed E-state index contributed by atoms with van der Waals surface area (Å²) in [5.41, 5.74) is 1.79. The number of rotatable bonds is 5. The normalized spacial score (nSPS) is 10.5. The van der Waals surface area contributed by atoms with Gasteiger partial charge in [0, 0.05) is 9.13 Å². The molecule has 0 aliphatic heterocycles. The molecule has 0 aliphatic carbocycles. The summed E-state index contributed by atoms with van der Waals surface area (Å²) in [4.78, 5) is 16.4. The van der Waals surface area contributed by atoms with E-state index in [0.717, 1.165) is 14.8 Å². The number of halogens is 1. The quantitative estimate of drug-likeness (QED) is 0.472. The fraction of sp³-hybridized carbons (Fsp3) is 0.0625. The first-order valence-corrected chi connectivity index (χ1v) is 8.94. The van der Waals surface area contributed by atoms with Crippen LogP contribution in [0.1, 0.15) is 0 Å². The van der Waals surface area contributed by atoms with Crippen molar-refractivity contribution in [2.75, 3.05) is 11.1 Å². The van der Waals surface area contributed by atoms with E-state index in [1.165, 1.54) is 11.8 Å². The van der Waals surface area contributed by atoms with E-state index in [9.17, 15) is 4.79 Å². The number of benzene rings is 2. The van der Waals surface area contributed by atoms with Gasteiger partial charge in [-0.15, -0.1) is 5.10 Å². The van der Waals surface area contributed by atoms with Crippen LogP contribution in [0.25, 0.3) is 11.4 Å². The van der Waals surface area contributed by atoms with Crippen LogP contribution < -0.4 is 5.32 Å². The molecule has 1 aromatic heterocycles. The number of carbonyl (C=O) groups excluding carboxylic acids is 1. The van der Waals surface area contributed by atoms with E-state index in [0.29, 0.717) is 11.0 Å². The van der Waals surface area contributed by atoms with Crippen molar-refractivity contribution in [2.24, 2.45) is 0 Å². The summed E-state index contributed by atoms with van der Waals surface area (Å²) in [5, 5.41) is 10.5. The predicted molar refractivity (Wildman–Crippen MR) is 100 cm³/mol. The summed E-state index contributed by atoms with van der Waals surface area (Å²) in [7, 11) is 0. The van der Waals surface area contributed by atoms with Gasteiger partial charge >= 0.3 is 0 Å². The smallest absolute Gasteiger partial charge is 0.234 e. The van der Waals surface area contributed by atoms with Crippen molar-refractivity contribution >= 4 is 45.9 Å². The van der Waals surface area contributed by atoms with E-state index in [2.05, 4.69) is 43.1 Å². The standard InChI is InChI=1S/C16H13IN4OS/c17-12-8-4-5-9-13(12)18-14(22)10-23-16-19-15(20-21-16)11-6-2-1-3-7-11/h1-9H,10H2,(H,18,22)(H,19,20,21). The lowest BCUT2D eigenvalue weighted by Crippen LogP contribution is -2.14. The Bertz CT molecular complexity index is 807. The molecular formula is C16H13IN4OS. The van der Waals surface area contributed by atoms with Gasteiger partial charge in [-0.05, 0) is 34.7 Å². The molecule has 5 nitrogen and oxygen atoms in total. The Balaban J connectivity index is 1.58. The lowest BCUT2D eigenvalue weighted by Gasteiger charge is -2.05. The number of hydrogen-bond donors (Lipinski definition) is 2. The number of thioether (sulfide) groups is 1. The molecule has 0 radical (unpaired) electrons. The third-order valence-corrected chi connectivity index (χ3v) is 4.78. The number of hydrogen-bond acceptors (Lipinski definition) is 4. The van der Waals surface area contributed by atoms with E-state index in [1.807, 2.05) is 54.6 Å². The number of aromatic amines is 1. The number of nitrogens with zero attached hydrogens (tertiary/aromatic N) is 2. The van der Waals surface area contributed by atoms with E-state index in [-0.39, 0.29) is 11.7 Å². The maximum absolute atomic E-state index is 12.0. The van der Waals surface area contributed by atoms with Gasteiger partial charge in [0.1, 0.15) is 0 Å². The predicted octanol–water partition coefficient (Wildman–Crippen LogP) is 3.81. The molecule has 0 fully saturated rings. The van der Waals surface area contributed by atoms with Gasteiger partial charge in [0.25, 0.3) is 0 Å². The average molecular weight is 436 g/mol. The van der Waals surface area contributed by atoms with Crippen molar-refractivity contribution in [2.45, 2.75) is 5.16 Å². The van der Waals surface area contributed by atoms with Crippen LogP contribution in [0.5, 0.6) is 0 Å². The summed E-state index contributed by atoms with van der Waals surface area (Å²) in [5.74, 6) is 0.883. The molecule has 0 atom stereocenters. The molecule has 0 aliphatic rings. The minimum atomic E-state index is -0.0785. The van der Waals surface area contributed by atoms with E-state index in [1.54, 1.807) is 0 Å². The first-order chi connectivity index (χ1) is 11.2. The third-order valence-electron chi connectivity index (χ3n) is 2.99. The second-order valence-electron chi connectivity index (χ2n) is 4.65. The Morgan fingerprint density at radius 2 is 1.87 bits per heavy atom. The molecule has 23 heavy (non-hydrogen) atoms. The van der Waals surface area contributed by atoms with Gasteiger partial charge in [-0.1, -0.05) is 54.2 Å². The number of para-hydroxylation sites is 1. The van der Waals surface area contributed by atoms with Crippen LogP contribution in [0, 0.1) is 3.57 Å². The SMILES string of the molecule is O=C(CSc1n[nH]c(-c2ccccc2)n1)Nc1ccccc1I. The van der Waals surface area contributed by atoms with Gasteiger partial charge in [-0.3, -0.25) is 9.89 Å². The largest absolute Gasteiger partial charge is 0.324 e. The van der Waals surface area contributed by atoms with Crippen molar-refractivity contribution in [1.29, 1.82) is 0 Å². The number of anilines is 1. The maximum Gasteiger partial charge on any atom is 0.234 e. The highest BCUT2D eigenvalue weighted by atomic mass is 127. The zero-order valence-electron chi connectivity index (χ0n) is 12.0. The van der Waals surface area contributed by atoms with Crippen LogP contribution in [-0.4, -0.2) is 26.8 Å². The Kier molecular flexibility index (Phi) is 5.29. The summed E-state index contributed by atoms with van der Waals surface area (Å²) in [6.45, 7) is 0. The van der Waals surface area contributed by atoms with Gasteiger partial charge in [0.2, 0.25) is 11.1 Å². The van der Waals surface area contributed by atoms with Gasteiger partial charge < -0.3 is 5.32 Å². The van der Waals surface area contributed by atoms with Crippen molar-refractivity contribution in [1.82, 2.24) is 15.2 Å². The Morgan fingerprint density at radius 1 is 1.13 bits per heavy atom. The number of H-pyrrole nitrogens is 1. The second-order valence-corrected chi connectivity index (χ2v) is 6.75. The first-order valence-electron chi connectivity index (χ1n) is 6.87. The second kappa shape index (κ2) is 7.60. The van der Waals surface area contributed by atoms with Crippen molar-refractivity contribution < 1.29 is 4.79 Å². The van der Waals surface area contributed by atoms with Crippen LogP contribution in [0.2, 0.25) is 0 Å². The maximum atomic E-state index is 12.0. The highest BCUT2D eigenvalue weighted by Crippen LogP contribution is 2.20. The minimum absolute atomic E-state index is 0.0785. The summed E-state index contributed by atoms with van der Waals surface area (Å²) >= 11 is 3.49. The fourth-order valence-corrected chi connectivity index (χ4v) is 3.04. The molecule has 0 unspecified atom stereocenters. The van der Waals surface area contributed by atoms with Crippen LogP contribution in [0.3, 0.4) is 0 Å². The van der Waals surface area contributed by atoms with E-state index in [4.69, 9.17) is 0 Å². The van der Waals surface area contributed by atoms with Gasteiger partial charge in [-0.2, -0.15) is 0 Å². The van der Waals surface area contributed by atoms with Gasteiger partial charge in [-0.25, -0.2) is 4.98 Å². The Labute approximate surface area is 151 Å². The molecule has 0 bridgehead atoms. The van der Waals surface area contributed by atoms with Crippen molar-refractivity contribution in [3.8, 4) is 11.4 Å². The lowest BCUT2D eigenvalue weighted by atomic mass is 10.2. The fourth-order valence-electron chi connectivity index (χ4n) is 1.92. The van der Waals surface area contributed by atoms with Crippen LogP contribution in [0.15, 0.2) is 59.8 Å². The van der Waals surface area contributed by atoms with Crippen molar-refractivity contribution in [3.63, 3.8) is 0 Å². The average Bonchev–Trinajstić information content (AvgIpc) is 3.05. The zero-order chi connectivity index (χ0) is 16.1. The molecule has 116 valence electrons. The molecule has 0 saturated carbocycles. The van der Waals surface area contributed by atoms with E-state index >= 15 is 0 Å². The third kappa shape index (κ3) is 4.32. The minimum Gasteiger partial charge on any atom is -0.324 e. The molecule has 2 aromatic carbocycles. The number of nitrogens with one attached hydrogen (secondary N) is 2. The molecular weight excluding hydrogens is 423 g/mol. The molecule has 3 rings (SSSR count). The molecule has 2 N–H and O–H groups in total. The lowest BCUT2D eigenvalue weighted by molar-refractivity contribution is -0.113. The Hall–Kier alpha value is -1.87. The molecule has 7 heteroatoms. The Morgan fingerprint density at radius 3 is 2.65 bits per heavy atom. The summed E-state index contributed by atoms with van der Waals surface area (Å²) in [6.07, 6.45) is 0. The zero-order valence-corrected chi connectivity index (χ0v) is 15.0. The highest BCUT2D eigenvalue weighted by Gasteiger charge is 2.10. The molecule has 0 spiro atoms. The number of amides is 1. The molecule has 3 aromatic rings. The van der Waals surface area contributed by atoms with Gasteiger partial charge in [0.05, 0.1) is 11.4 Å². The van der Waals surface area contributed by atoms with Crippen LogP contribution >= 0.6 is 34.4 Å². The first kappa shape index (κ1) is 16.0. The number of carbonyl (C=O) groups is 1. The topological polar surface area (TPSA) is 70.7 Å². The summed E-state index contributed by atoms with van der Waals surface area (Å²) in [6, 6.07) is 17.4. The highest BCUT2D eigenvalue weighted by molar-refractivity contribution is 14.1. The molecule has 1 heterocycles. The van der Waals surface area contributed by atoms with Gasteiger partial charge in [0.15, 0.2) is 5.82 Å². The van der Waals surface area contributed by atoms with E-state index < -0.39 is 0 Å².